The Kier molecular flexibility index (Phi) is 5.58. The number of aryl methyl sites for hydroxylation is 2. The summed E-state index contributed by atoms with van der Waals surface area (Å²) in [5.41, 5.74) is 2.15. The van der Waals surface area contributed by atoms with Crippen LogP contribution in [-0.2, 0) is 11.2 Å². The second-order valence-electron chi connectivity index (χ2n) is 6.31. The van der Waals surface area contributed by atoms with Crippen LogP contribution in [0, 0.1) is 6.92 Å². The number of benzene rings is 1. The predicted octanol–water partition coefficient (Wildman–Crippen LogP) is 3.23. The maximum atomic E-state index is 12.2. The highest BCUT2D eigenvalue weighted by molar-refractivity contribution is 7.11. The standard InChI is InChI=1S/C18H24N4OS/c1-3-14-4-6-16(7-5-14)19-17(23)12-22-10-8-15(9-11-22)18-21-20-13(2)24-18/h4-7,15H,3,8-12H2,1-2H3,(H,19,23). The quantitative estimate of drug-likeness (QED) is 0.905. The van der Waals surface area contributed by atoms with Gasteiger partial charge in [0.15, 0.2) is 0 Å². The summed E-state index contributed by atoms with van der Waals surface area (Å²) in [5.74, 6) is 0.557. The Hall–Kier alpha value is -1.79. The van der Waals surface area contributed by atoms with Gasteiger partial charge in [0.1, 0.15) is 10.0 Å². The average Bonchev–Trinajstić information content (AvgIpc) is 3.02. The molecular weight excluding hydrogens is 320 g/mol. The molecule has 0 spiro atoms. The Balaban J connectivity index is 1.45. The number of anilines is 1. The molecule has 1 aromatic carbocycles. The number of likely N-dealkylation sites (tertiary alicyclic amines) is 1. The van der Waals surface area contributed by atoms with Crippen LogP contribution in [0.1, 0.15) is 41.3 Å². The third-order valence-corrected chi connectivity index (χ3v) is 5.49. The van der Waals surface area contributed by atoms with Gasteiger partial charge in [0.2, 0.25) is 5.91 Å². The van der Waals surface area contributed by atoms with Gasteiger partial charge in [-0.2, -0.15) is 0 Å². The Morgan fingerprint density at radius 1 is 1.25 bits per heavy atom. The molecule has 2 heterocycles. The lowest BCUT2D eigenvalue weighted by Crippen LogP contribution is -2.38. The second-order valence-corrected chi connectivity index (χ2v) is 7.52. The molecule has 128 valence electrons. The molecule has 0 radical (unpaired) electrons. The van der Waals surface area contributed by atoms with Crippen LogP contribution >= 0.6 is 11.3 Å². The molecular formula is C18H24N4OS. The van der Waals surface area contributed by atoms with Gasteiger partial charge in [-0.1, -0.05) is 19.1 Å². The highest BCUT2D eigenvalue weighted by Gasteiger charge is 2.24. The molecule has 6 heteroatoms. The summed E-state index contributed by atoms with van der Waals surface area (Å²) in [6.07, 6.45) is 3.11. The molecule has 5 nitrogen and oxygen atoms in total. The van der Waals surface area contributed by atoms with Crippen molar-refractivity contribution in [2.45, 2.75) is 39.0 Å². The molecule has 0 unspecified atom stereocenters. The minimum atomic E-state index is 0.0597. The number of piperidine rings is 1. The largest absolute Gasteiger partial charge is 0.325 e. The lowest BCUT2D eigenvalue weighted by molar-refractivity contribution is -0.117. The zero-order chi connectivity index (χ0) is 16.9. The zero-order valence-electron chi connectivity index (χ0n) is 14.3. The van der Waals surface area contributed by atoms with Gasteiger partial charge in [-0.3, -0.25) is 9.69 Å². The Morgan fingerprint density at radius 3 is 2.54 bits per heavy atom. The van der Waals surface area contributed by atoms with Crippen molar-refractivity contribution in [3.8, 4) is 0 Å². The van der Waals surface area contributed by atoms with Crippen molar-refractivity contribution in [3.05, 3.63) is 39.8 Å². The van der Waals surface area contributed by atoms with E-state index < -0.39 is 0 Å². The van der Waals surface area contributed by atoms with Crippen LogP contribution < -0.4 is 5.32 Å². The molecule has 0 saturated carbocycles. The molecule has 0 bridgehead atoms. The number of aromatic nitrogens is 2. The van der Waals surface area contributed by atoms with E-state index in [0.29, 0.717) is 12.5 Å². The molecule has 1 amide bonds. The maximum absolute atomic E-state index is 12.2. The van der Waals surface area contributed by atoms with Gasteiger partial charge in [0.25, 0.3) is 0 Å². The van der Waals surface area contributed by atoms with Gasteiger partial charge < -0.3 is 5.32 Å². The van der Waals surface area contributed by atoms with E-state index in [2.05, 4.69) is 39.5 Å². The van der Waals surface area contributed by atoms with Crippen LogP contribution in [0.2, 0.25) is 0 Å². The van der Waals surface area contributed by atoms with Crippen molar-refractivity contribution >= 4 is 22.9 Å². The van der Waals surface area contributed by atoms with Crippen molar-refractivity contribution in [1.82, 2.24) is 15.1 Å². The molecule has 1 aliphatic rings. The minimum Gasteiger partial charge on any atom is -0.325 e. The Labute approximate surface area is 147 Å². The highest BCUT2D eigenvalue weighted by Crippen LogP contribution is 2.29. The van der Waals surface area contributed by atoms with E-state index in [-0.39, 0.29) is 5.91 Å². The molecule has 1 saturated heterocycles. The molecule has 1 aliphatic heterocycles. The molecule has 1 fully saturated rings. The number of nitrogens with one attached hydrogen (secondary N) is 1. The normalized spacial score (nSPS) is 16.2. The van der Waals surface area contributed by atoms with E-state index in [0.717, 1.165) is 48.1 Å². The fourth-order valence-corrected chi connectivity index (χ4v) is 3.91. The van der Waals surface area contributed by atoms with Crippen molar-refractivity contribution in [2.24, 2.45) is 0 Å². The van der Waals surface area contributed by atoms with E-state index in [1.54, 1.807) is 11.3 Å². The van der Waals surface area contributed by atoms with Crippen molar-refractivity contribution in [3.63, 3.8) is 0 Å². The topological polar surface area (TPSA) is 58.1 Å². The molecule has 1 aromatic heterocycles. The molecule has 24 heavy (non-hydrogen) atoms. The monoisotopic (exact) mass is 344 g/mol. The lowest BCUT2D eigenvalue weighted by atomic mass is 9.98. The van der Waals surface area contributed by atoms with E-state index >= 15 is 0 Å². The first kappa shape index (κ1) is 17.0. The Morgan fingerprint density at radius 2 is 1.96 bits per heavy atom. The van der Waals surface area contributed by atoms with Gasteiger partial charge in [-0.05, 0) is 57.0 Å². The number of hydrogen-bond acceptors (Lipinski definition) is 5. The fourth-order valence-electron chi connectivity index (χ4n) is 3.04. The van der Waals surface area contributed by atoms with Crippen LogP contribution in [0.15, 0.2) is 24.3 Å². The summed E-state index contributed by atoms with van der Waals surface area (Å²) in [5, 5.41) is 13.5. The number of carbonyl (C=O) groups excluding carboxylic acids is 1. The molecule has 3 rings (SSSR count). The molecule has 0 aliphatic carbocycles. The summed E-state index contributed by atoms with van der Waals surface area (Å²) >= 11 is 1.69. The van der Waals surface area contributed by atoms with Gasteiger partial charge in [0, 0.05) is 11.6 Å². The third-order valence-electron chi connectivity index (χ3n) is 4.49. The first-order valence-electron chi connectivity index (χ1n) is 8.55. The van der Waals surface area contributed by atoms with E-state index in [9.17, 15) is 4.79 Å². The number of nitrogens with zero attached hydrogens (tertiary/aromatic N) is 3. The van der Waals surface area contributed by atoms with Crippen molar-refractivity contribution in [2.75, 3.05) is 25.0 Å². The van der Waals surface area contributed by atoms with Crippen LogP contribution in [0.25, 0.3) is 0 Å². The smallest absolute Gasteiger partial charge is 0.238 e. The number of hydrogen-bond donors (Lipinski definition) is 1. The van der Waals surface area contributed by atoms with Gasteiger partial charge in [0.05, 0.1) is 6.54 Å². The summed E-state index contributed by atoms with van der Waals surface area (Å²) in [4.78, 5) is 14.4. The zero-order valence-corrected chi connectivity index (χ0v) is 15.1. The summed E-state index contributed by atoms with van der Waals surface area (Å²) < 4.78 is 0. The molecule has 2 aromatic rings. The maximum Gasteiger partial charge on any atom is 0.238 e. The first-order valence-corrected chi connectivity index (χ1v) is 9.37. The summed E-state index contributed by atoms with van der Waals surface area (Å²) in [6.45, 7) is 6.45. The van der Waals surface area contributed by atoms with Gasteiger partial charge in [-0.15, -0.1) is 21.5 Å². The summed E-state index contributed by atoms with van der Waals surface area (Å²) in [6, 6.07) is 8.07. The van der Waals surface area contributed by atoms with Crippen LogP contribution in [0.4, 0.5) is 5.69 Å². The van der Waals surface area contributed by atoms with Crippen LogP contribution in [0.3, 0.4) is 0 Å². The van der Waals surface area contributed by atoms with E-state index in [1.165, 1.54) is 5.56 Å². The average molecular weight is 344 g/mol. The highest BCUT2D eigenvalue weighted by atomic mass is 32.1. The summed E-state index contributed by atoms with van der Waals surface area (Å²) in [7, 11) is 0. The predicted molar refractivity (Wildman–Crippen MR) is 97.5 cm³/mol. The lowest BCUT2D eigenvalue weighted by Gasteiger charge is -2.30. The Bertz CT molecular complexity index is 675. The van der Waals surface area contributed by atoms with Crippen LogP contribution in [-0.4, -0.2) is 40.6 Å². The number of carbonyl (C=O) groups is 1. The number of rotatable bonds is 5. The second kappa shape index (κ2) is 7.85. The number of amides is 1. The third kappa shape index (κ3) is 4.39. The van der Waals surface area contributed by atoms with Crippen molar-refractivity contribution < 1.29 is 4.79 Å². The molecule has 1 N–H and O–H groups in total. The fraction of sp³-hybridized carbons (Fsp3) is 0.500. The van der Waals surface area contributed by atoms with Crippen LogP contribution in [0.5, 0.6) is 0 Å². The molecule has 0 atom stereocenters. The minimum absolute atomic E-state index is 0.0597. The van der Waals surface area contributed by atoms with Gasteiger partial charge >= 0.3 is 0 Å². The van der Waals surface area contributed by atoms with E-state index in [1.807, 2.05) is 19.1 Å². The van der Waals surface area contributed by atoms with Crippen molar-refractivity contribution in [1.29, 1.82) is 0 Å². The first-order chi connectivity index (χ1) is 11.6. The van der Waals surface area contributed by atoms with E-state index in [4.69, 9.17) is 0 Å². The van der Waals surface area contributed by atoms with Gasteiger partial charge in [-0.25, -0.2) is 0 Å². The SMILES string of the molecule is CCc1ccc(NC(=O)CN2CCC(c3nnc(C)s3)CC2)cc1.